The highest BCUT2D eigenvalue weighted by atomic mass is 19.4. The van der Waals surface area contributed by atoms with Gasteiger partial charge in [0.05, 0.1) is 6.61 Å². The largest absolute Gasteiger partial charge is 0.463 e. The summed E-state index contributed by atoms with van der Waals surface area (Å²) >= 11 is 0. The van der Waals surface area contributed by atoms with Gasteiger partial charge in [-0.15, -0.1) is 0 Å². The molecule has 0 aromatic heterocycles. The predicted molar refractivity (Wildman–Crippen MR) is 90.9 cm³/mol. The molecule has 27 heteroatoms. The SMILES string of the molecule is C=C(CC(F)(F)C(F)(F)C(F)(F)C(F)(F)C(F)(F)C(F)(F)C(F)(F)C(F)(F)C(F)(F)C(F)(F)C(F)(F)C(F)(F)F)C(=O)OCC. The van der Waals surface area contributed by atoms with Crippen molar-refractivity contribution in [1.29, 1.82) is 0 Å². The second-order valence-electron chi connectivity index (χ2n) is 8.45. The molecular formula is C18H9F25O2. The van der Waals surface area contributed by atoms with Crippen LogP contribution < -0.4 is 0 Å². The third-order valence-electron chi connectivity index (χ3n) is 5.36. The van der Waals surface area contributed by atoms with E-state index in [9.17, 15) is 115 Å². The lowest BCUT2D eigenvalue weighted by Gasteiger charge is -2.45. The number of hydrogen-bond acceptors (Lipinski definition) is 2. The van der Waals surface area contributed by atoms with E-state index in [1.807, 2.05) is 0 Å². The van der Waals surface area contributed by atoms with Gasteiger partial charge in [-0.1, -0.05) is 6.58 Å². The van der Waals surface area contributed by atoms with Crippen molar-refractivity contribution in [3.05, 3.63) is 12.2 Å². The summed E-state index contributed by atoms with van der Waals surface area (Å²) in [7, 11) is 0. The number of hydrogen-bond donors (Lipinski definition) is 0. The van der Waals surface area contributed by atoms with E-state index >= 15 is 0 Å². The molecule has 0 saturated heterocycles. The van der Waals surface area contributed by atoms with E-state index in [1.54, 1.807) is 0 Å². The summed E-state index contributed by atoms with van der Waals surface area (Å²) in [4.78, 5) is 11.1. The van der Waals surface area contributed by atoms with Gasteiger partial charge in [-0.3, -0.25) is 0 Å². The molecule has 2 nitrogen and oxygen atoms in total. The summed E-state index contributed by atoms with van der Waals surface area (Å²) in [6.07, 6.45) is -11.5. The average Bonchev–Trinajstić information content (AvgIpc) is 2.81. The van der Waals surface area contributed by atoms with Crippen LogP contribution in [0.4, 0.5) is 110 Å². The molecular weight excluding hydrogens is 723 g/mol. The molecule has 0 heterocycles. The fourth-order valence-electron chi connectivity index (χ4n) is 2.67. The molecule has 0 atom stereocenters. The highest BCUT2D eigenvalue weighted by Gasteiger charge is 2.99. The smallest absolute Gasteiger partial charge is 0.460 e. The van der Waals surface area contributed by atoms with E-state index in [4.69, 9.17) is 0 Å². The van der Waals surface area contributed by atoms with Crippen molar-refractivity contribution in [1.82, 2.24) is 0 Å². The van der Waals surface area contributed by atoms with Crippen molar-refractivity contribution in [3.63, 3.8) is 0 Å². The Morgan fingerprint density at radius 1 is 0.444 bits per heavy atom. The van der Waals surface area contributed by atoms with Gasteiger partial charge in [-0.05, 0) is 6.92 Å². The zero-order valence-corrected chi connectivity index (χ0v) is 20.4. The summed E-state index contributed by atoms with van der Waals surface area (Å²) in [6, 6.07) is 0. The minimum atomic E-state index is -9.65. The first-order valence-electron chi connectivity index (χ1n) is 10.2. The lowest BCUT2D eigenvalue weighted by molar-refractivity contribution is -0.482. The van der Waals surface area contributed by atoms with Gasteiger partial charge in [0, 0.05) is 12.0 Å². The molecule has 0 bridgehead atoms. The molecule has 0 aliphatic heterocycles. The number of carbonyl (C=O) groups is 1. The second-order valence-corrected chi connectivity index (χ2v) is 8.45. The van der Waals surface area contributed by atoms with Crippen molar-refractivity contribution in [3.8, 4) is 0 Å². The van der Waals surface area contributed by atoms with Gasteiger partial charge in [0.1, 0.15) is 0 Å². The minimum absolute atomic E-state index is 0.840. The number of carbonyl (C=O) groups excluding carboxylic acids is 1. The maximum absolute atomic E-state index is 13.8. The Labute approximate surface area is 230 Å². The first-order valence-corrected chi connectivity index (χ1v) is 10.2. The van der Waals surface area contributed by atoms with Crippen molar-refractivity contribution in [2.75, 3.05) is 6.61 Å². The molecule has 0 saturated carbocycles. The van der Waals surface area contributed by atoms with Crippen molar-refractivity contribution >= 4 is 5.97 Å². The molecule has 0 radical (unpaired) electrons. The van der Waals surface area contributed by atoms with Crippen LogP contribution in [0.2, 0.25) is 0 Å². The molecule has 0 spiro atoms. The molecule has 268 valence electrons. The maximum atomic E-state index is 13.8. The lowest BCUT2D eigenvalue weighted by Crippen LogP contribution is -2.78. The summed E-state index contributed by atoms with van der Waals surface area (Å²) in [5.74, 6) is -101. The van der Waals surface area contributed by atoms with E-state index in [0.717, 1.165) is 6.92 Å². The number of ether oxygens (including phenoxy) is 1. The van der Waals surface area contributed by atoms with Crippen LogP contribution in [0.25, 0.3) is 0 Å². The third-order valence-corrected chi connectivity index (χ3v) is 5.36. The summed E-state index contributed by atoms with van der Waals surface area (Å²) in [5.41, 5.74) is -2.09. The first-order chi connectivity index (χ1) is 19.1. The molecule has 0 aliphatic carbocycles. The van der Waals surface area contributed by atoms with Gasteiger partial charge in [0.2, 0.25) is 0 Å². The van der Waals surface area contributed by atoms with Crippen LogP contribution >= 0.6 is 0 Å². The number of alkyl halides is 25. The Balaban J connectivity index is 7.25. The molecule has 0 unspecified atom stereocenters. The van der Waals surface area contributed by atoms with Crippen LogP contribution in [-0.2, 0) is 9.53 Å². The molecule has 0 aliphatic rings. The normalized spacial score (nSPS) is 16.1. The quantitative estimate of drug-likeness (QED) is 0.101. The van der Waals surface area contributed by atoms with Crippen LogP contribution in [0.1, 0.15) is 13.3 Å². The van der Waals surface area contributed by atoms with Crippen LogP contribution in [0.3, 0.4) is 0 Å². The fourth-order valence-corrected chi connectivity index (χ4v) is 2.67. The Morgan fingerprint density at radius 3 is 0.889 bits per heavy atom. The van der Waals surface area contributed by atoms with Gasteiger partial charge < -0.3 is 4.74 Å². The minimum Gasteiger partial charge on any atom is -0.463 e. The molecule has 0 aromatic carbocycles. The average molecular weight is 732 g/mol. The Hall–Kier alpha value is -2.54. The maximum Gasteiger partial charge on any atom is 0.460 e. The van der Waals surface area contributed by atoms with Crippen molar-refractivity contribution in [2.45, 2.75) is 84.7 Å². The molecule has 45 heavy (non-hydrogen) atoms. The molecule has 0 amide bonds. The van der Waals surface area contributed by atoms with Crippen molar-refractivity contribution < 1.29 is 119 Å². The Bertz CT molecular complexity index is 1110. The zero-order chi connectivity index (χ0) is 37.3. The number of esters is 1. The van der Waals surface area contributed by atoms with E-state index in [2.05, 4.69) is 11.3 Å². The number of rotatable bonds is 14. The van der Waals surface area contributed by atoms with E-state index in [0.29, 0.717) is 0 Å². The van der Waals surface area contributed by atoms with E-state index in [-0.39, 0.29) is 0 Å². The summed E-state index contributed by atoms with van der Waals surface area (Å²) in [6.45, 7) is 2.23. The third kappa shape index (κ3) is 5.49. The standard InChI is InChI=1S/C18H9F25O2/c1-3-45-6(44)5(2)4-7(19,20)8(21,22)9(23,24)10(25,26)11(27,28)12(29,30)13(31,32)14(33,34)15(35,36)16(37,38)17(39,40)18(41,42)43/h2-4H2,1H3. The van der Waals surface area contributed by atoms with Crippen LogP contribution in [0, 0.1) is 0 Å². The first kappa shape index (κ1) is 42.5. The number of halogens is 25. The monoisotopic (exact) mass is 732 g/mol. The zero-order valence-electron chi connectivity index (χ0n) is 20.4. The van der Waals surface area contributed by atoms with E-state index < -0.39 is 95.9 Å². The molecule has 0 fully saturated rings. The topological polar surface area (TPSA) is 26.3 Å². The summed E-state index contributed by atoms with van der Waals surface area (Å²) < 4.78 is 339. The highest BCUT2D eigenvalue weighted by molar-refractivity contribution is 5.87. The van der Waals surface area contributed by atoms with Gasteiger partial charge in [0.25, 0.3) is 0 Å². The molecule has 0 aromatic rings. The van der Waals surface area contributed by atoms with Crippen molar-refractivity contribution in [2.24, 2.45) is 0 Å². The fraction of sp³-hybridized carbons (Fsp3) is 0.833. The van der Waals surface area contributed by atoms with Crippen LogP contribution in [0.5, 0.6) is 0 Å². The predicted octanol–water partition coefficient (Wildman–Crippen LogP) is 9.05. The second kappa shape index (κ2) is 11.0. The molecule has 0 N–H and O–H groups in total. The molecule has 0 rings (SSSR count). The highest BCUT2D eigenvalue weighted by Crippen LogP contribution is 2.68. The Kier molecular flexibility index (Phi) is 10.4. The van der Waals surface area contributed by atoms with Gasteiger partial charge in [-0.25, -0.2) is 4.79 Å². The summed E-state index contributed by atoms with van der Waals surface area (Å²) in [5, 5.41) is 0. The van der Waals surface area contributed by atoms with Crippen LogP contribution in [-0.4, -0.2) is 83.9 Å². The van der Waals surface area contributed by atoms with Crippen LogP contribution in [0.15, 0.2) is 12.2 Å². The lowest BCUT2D eigenvalue weighted by atomic mass is 9.84. The van der Waals surface area contributed by atoms with Gasteiger partial charge in [0.15, 0.2) is 0 Å². The Morgan fingerprint density at radius 2 is 0.667 bits per heavy atom. The van der Waals surface area contributed by atoms with Gasteiger partial charge >= 0.3 is 77.3 Å². The van der Waals surface area contributed by atoms with E-state index in [1.165, 1.54) is 0 Å². The van der Waals surface area contributed by atoms with Gasteiger partial charge in [-0.2, -0.15) is 110 Å².